The van der Waals surface area contributed by atoms with Gasteiger partial charge in [-0.1, -0.05) is 38.3 Å². The lowest BCUT2D eigenvalue weighted by molar-refractivity contribution is -0.120. The molecule has 0 bridgehead atoms. The maximum Gasteiger partial charge on any atom is 0.224 e. The molecule has 1 aromatic carbocycles. The summed E-state index contributed by atoms with van der Waals surface area (Å²) in [6.07, 6.45) is 5.13. The van der Waals surface area contributed by atoms with Gasteiger partial charge in [0.15, 0.2) is 0 Å². The van der Waals surface area contributed by atoms with Gasteiger partial charge in [-0.15, -0.1) is 0 Å². The van der Waals surface area contributed by atoms with Gasteiger partial charge in [0.2, 0.25) is 5.91 Å². The Kier molecular flexibility index (Phi) is 6.15. The van der Waals surface area contributed by atoms with Crippen LogP contribution in [0.3, 0.4) is 0 Å². The van der Waals surface area contributed by atoms with Gasteiger partial charge >= 0.3 is 0 Å². The zero-order valence-electron chi connectivity index (χ0n) is 10.5. The first-order valence-electron chi connectivity index (χ1n) is 6.33. The number of carbonyl (C=O) groups excluding carboxylic acids is 1. The summed E-state index contributed by atoms with van der Waals surface area (Å²) in [4.78, 5) is 11.6. The molecule has 0 saturated heterocycles. The summed E-state index contributed by atoms with van der Waals surface area (Å²) in [5.74, 6) is 0.0760. The third kappa shape index (κ3) is 5.95. The fourth-order valence-electron chi connectivity index (χ4n) is 1.73. The maximum absolute atomic E-state index is 11.6. The summed E-state index contributed by atoms with van der Waals surface area (Å²) in [5.41, 5.74) is 7.33. The molecule has 17 heavy (non-hydrogen) atoms. The third-order valence-electron chi connectivity index (χ3n) is 2.67. The van der Waals surface area contributed by atoms with Crippen molar-refractivity contribution in [3.63, 3.8) is 0 Å². The lowest BCUT2D eigenvalue weighted by atomic mass is 10.1. The van der Waals surface area contributed by atoms with Crippen LogP contribution < -0.4 is 11.1 Å². The lowest BCUT2D eigenvalue weighted by Crippen LogP contribution is -2.26. The number of anilines is 1. The van der Waals surface area contributed by atoms with E-state index in [4.69, 9.17) is 5.73 Å². The van der Waals surface area contributed by atoms with Gasteiger partial charge in [0.05, 0.1) is 6.42 Å². The van der Waals surface area contributed by atoms with E-state index < -0.39 is 0 Å². The average molecular weight is 234 g/mol. The maximum atomic E-state index is 11.6. The monoisotopic (exact) mass is 234 g/mol. The Labute approximate surface area is 103 Å². The number of amides is 1. The quantitative estimate of drug-likeness (QED) is 0.562. The van der Waals surface area contributed by atoms with Gasteiger partial charge < -0.3 is 11.1 Å². The number of carbonyl (C=O) groups is 1. The summed E-state index contributed by atoms with van der Waals surface area (Å²) < 4.78 is 0. The van der Waals surface area contributed by atoms with Crippen LogP contribution in [0.1, 0.15) is 38.2 Å². The van der Waals surface area contributed by atoms with E-state index in [0.717, 1.165) is 18.5 Å². The Bertz CT molecular complexity index is 350. The topological polar surface area (TPSA) is 55.1 Å². The first-order chi connectivity index (χ1) is 8.22. The molecule has 1 aromatic rings. The second-order valence-electron chi connectivity index (χ2n) is 4.33. The number of hydrogen-bond donors (Lipinski definition) is 2. The zero-order chi connectivity index (χ0) is 12.5. The SMILES string of the molecule is CCCCCCNC(=O)Cc1cccc(N)c1. The molecule has 1 amide bonds. The highest BCUT2D eigenvalue weighted by molar-refractivity contribution is 5.78. The Balaban J connectivity index is 2.21. The van der Waals surface area contributed by atoms with Crippen LogP contribution in [0.5, 0.6) is 0 Å². The minimum Gasteiger partial charge on any atom is -0.399 e. The third-order valence-corrected chi connectivity index (χ3v) is 2.67. The van der Waals surface area contributed by atoms with E-state index in [0.29, 0.717) is 12.1 Å². The van der Waals surface area contributed by atoms with Crippen LogP contribution in [-0.2, 0) is 11.2 Å². The molecule has 0 aromatic heterocycles. The molecule has 3 N–H and O–H groups in total. The molecule has 0 fully saturated rings. The second kappa shape index (κ2) is 7.71. The predicted octanol–water partition coefficient (Wildman–Crippen LogP) is 2.51. The van der Waals surface area contributed by atoms with Gasteiger partial charge in [-0.3, -0.25) is 4.79 Å². The van der Waals surface area contributed by atoms with Gasteiger partial charge in [-0.25, -0.2) is 0 Å². The Morgan fingerprint density at radius 3 is 2.82 bits per heavy atom. The molecule has 0 aliphatic rings. The van der Waals surface area contributed by atoms with Crippen LogP contribution in [0.4, 0.5) is 5.69 Å². The van der Waals surface area contributed by atoms with Crippen molar-refractivity contribution in [2.45, 2.75) is 39.0 Å². The van der Waals surface area contributed by atoms with Crippen molar-refractivity contribution in [3.8, 4) is 0 Å². The standard InChI is InChI=1S/C14H22N2O/c1-2-3-4-5-9-16-14(17)11-12-7-6-8-13(15)10-12/h6-8,10H,2-5,9,11,15H2,1H3,(H,16,17). The number of benzene rings is 1. The van der Waals surface area contributed by atoms with Gasteiger partial charge in [0, 0.05) is 12.2 Å². The highest BCUT2D eigenvalue weighted by Gasteiger charge is 2.02. The molecular weight excluding hydrogens is 212 g/mol. The van der Waals surface area contributed by atoms with Crippen LogP contribution in [0.25, 0.3) is 0 Å². The smallest absolute Gasteiger partial charge is 0.224 e. The zero-order valence-corrected chi connectivity index (χ0v) is 10.5. The number of unbranched alkanes of at least 4 members (excludes halogenated alkanes) is 3. The predicted molar refractivity (Wildman–Crippen MR) is 71.7 cm³/mol. The molecule has 0 radical (unpaired) electrons. The van der Waals surface area contributed by atoms with Crippen molar-refractivity contribution >= 4 is 11.6 Å². The Morgan fingerprint density at radius 1 is 1.29 bits per heavy atom. The fourth-order valence-corrected chi connectivity index (χ4v) is 1.73. The number of hydrogen-bond acceptors (Lipinski definition) is 2. The highest BCUT2D eigenvalue weighted by atomic mass is 16.1. The van der Waals surface area contributed by atoms with E-state index in [9.17, 15) is 4.79 Å². The number of nitrogen functional groups attached to an aromatic ring is 1. The minimum atomic E-state index is 0.0760. The fraction of sp³-hybridized carbons (Fsp3) is 0.500. The summed E-state index contributed by atoms with van der Waals surface area (Å²) >= 11 is 0. The van der Waals surface area contributed by atoms with Gasteiger partial charge in [0.25, 0.3) is 0 Å². The molecule has 0 heterocycles. The van der Waals surface area contributed by atoms with Crippen molar-refractivity contribution < 1.29 is 4.79 Å². The molecule has 0 aliphatic heterocycles. The number of rotatable bonds is 7. The van der Waals surface area contributed by atoms with E-state index in [1.165, 1.54) is 19.3 Å². The molecule has 0 atom stereocenters. The van der Waals surface area contributed by atoms with E-state index in [2.05, 4.69) is 12.2 Å². The van der Waals surface area contributed by atoms with Crippen LogP contribution in [0, 0.1) is 0 Å². The molecule has 0 unspecified atom stereocenters. The first kappa shape index (κ1) is 13.6. The molecule has 0 saturated carbocycles. The molecule has 0 aliphatic carbocycles. The lowest BCUT2D eigenvalue weighted by Gasteiger charge is -2.05. The van der Waals surface area contributed by atoms with Crippen molar-refractivity contribution in [1.82, 2.24) is 5.32 Å². The van der Waals surface area contributed by atoms with E-state index >= 15 is 0 Å². The second-order valence-corrected chi connectivity index (χ2v) is 4.33. The Morgan fingerprint density at radius 2 is 2.12 bits per heavy atom. The van der Waals surface area contributed by atoms with Crippen molar-refractivity contribution in [2.75, 3.05) is 12.3 Å². The molecule has 0 spiro atoms. The van der Waals surface area contributed by atoms with Crippen molar-refractivity contribution in [2.24, 2.45) is 0 Å². The van der Waals surface area contributed by atoms with Crippen LogP contribution in [0.15, 0.2) is 24.3 Å². The first-order valence-corrected chi connectivity index (χ1v) is 6.33. The van der Waals surface area contributed by atoms with Crippen molar-refractivity contribution in [3.05, 3.63) is 29.8 Å². The molecular formula is C14H22N2O. The number of nitrogens with one attached hydrogen (secondary N) is 1. The highest BCUT2D eigenvalue weighted by Crippen LogP contribution is 2.07. The van der Waals surface area contributed by atoms with Crippen molar-refractivity contribution in [1.29, 1.82) is 0 Å². The summed E-state index contributed by atoms with van der Waals surface area (Å²) in [6.45, 7) is 2.96. The summed E-state index contributed by atoms with van der Waals surface area (Å²) in [6, 6.07) is 7.47. The normalized spacial score (nSPS) is 10.2. The largest absolute Gasteiger partial charge is 0.399 e. The Hall–Kier alpha value is -1.51. The van der Waals surface area contributed by atoms with Crippen LogP contribution in [-0.4, -0.2) is 12.5 Å². The number of nitrogens with two attached hydrogens (primary N) is 1. The van der Waals surface area contributed by atoms with Gasteiger partial charge in [-0.2, -0.15) is 0 Å². The summed E-state index contributed by atoms with van der Waals surface area (Å²) in [5, 5.41) is 2.93. The molecule has 94 valence electrons. The van der Waals surface area contributed by atoms with E-state index in [1.54, 1.807) is 0 Å². The van der Waals surface area contributed by atoms with E-state index in [-0.39, 0.29) is 5.91 Å². The molecule has 3 heteroatoms. The van der Waals surface area contributed by atoms with Crippen LogP contribution in [0.2, 0.25) is 0 Å². The van der Waals surface area contributed by atoms with Gasteiger partial charge in [-0.05, 0) is 24.1 Å². The minimum absolute atomic E-state index is 0.0760. The average Bonchev–Trinajstić information content (AvgIpc) is 2.29. The summed E-state index contributed by atoms with van der Waals surface area (Å²) in [7, 11) is 0. The molecule has 3 nitrogen and oxygen atoms in total. The molecule has 1 rings (SSSR count). The van der Waals surface area contributed by atoms with Gasteiger partial charge in [0.1, 0.15) is 0 Å². The van der Waals surface area contributed by atoms with E-state index in [1.807, 2.05) is 24.3 Å². The van der Waals surface area contributed by atoms with Crippen LogP contribution >= 0.6 is 0 Å².